The van der Waals surface area contributed by atoms with Gasteiger partial charge in [0, 0.05) is 12.6 Å². The zero-order chi connectivity index (χ0) is 25.5. The fourth-order valence-electron chi connectivity index (χ4n) is 3.54. The Labute approximate surface area is 211 Å². The Hall–Kier alpha value is -2.64. The van der Waals surface area contributed by atoms with Crippen molar-refractivity contribution in [3.05, 3.63) is 66.9 Å². The van der Waals surface area contributed by atoms with Gasteiger partial charge in [-0.15, -0.1) is 0 Å². The molecule has 0 fully saturated rings. The number of rotatable bonds is 13. The van der Waals surface area contributed by atoms with E-state index in [0.717, 1.165) is 18.1 Å². The molecule has 1 heterocycles. The summed E-state index contributed by atoms with van der Waals surface area (Å²) in [5.41, 5.74) is 3.55. The summed E-state index contributed by atoms with van der Waals surface area (Å²) < 4.78 is 29.8. The van der Waals surface area contributed by atoms with Crippen LogP contribution in [0.3, 0.4) is 0 Å². The smallest absolute Gasteiger partial charge is 0.267 e. The van der Waals surface area contributed by atoms with Crippen LogP contribution in [0.25, 0.3) is 16.8 Å². The van der Waals surface area contributed by atoms with Crippen molar-refractivity contribution in [2.45, 2.75) is 77.4 Å². The summed E-state index contributed by atoms with van der Waals surface area (Å²) in [6.07, 6.45) is 12.6. The largest absolute Gasteiger partial charge is 0.370 e. The number of hydrogen-bond acceptors (Lipinski definition) is 4. The SMILES string of the molecule is CC(C)S(=O)(=O)O.CCCCCCCCCCNc1ccnn1-c1ccc(-c2ccccc2)cc1. The summed E-state index contributed by atoms with van der Waals surface area (Å²) in [5, 5.41) is 7.38. The average molecular weight is 500 g/mol. The van der Waals surface area contributed by atoms with Crippen LogP contribution in [0.1, 0.15) is 72.1 Å². The summed E-state index contributed by atoms with van der Waals surface area (Å²) in [7, 11) is -3.74. The lowest BCUT2D eigenvalue weighted by molar-refractivity contribution is 0.473. The first-order chi connectivity index (χ1) is 16.8. The zero-order valence-electron chi connectivity index (χ0n) is 21.4. The second kappa shape index (κ2) is 15.4. The van der Waals surface area contributed by atoms with Crippen molar-refractivity contribution in [3.63, 3.8) is 0 Å². The fraction of sp³-hybridized carbons (Fsp3) is 0.464. The third-order valence-corrected chi connectivity index (χ3v) is 6.99. The van der Waals surface area contributed by atoms with Crippen molar-refractivity contribution < 1.29 is 13.0 Å². The Bertz CT molecular complexity index is 1060. The minimum absolute atomic E-state index is 0.674. The van der Waals surface area contributed by atoms with Crippen LogP contribution in [-0.4, -0.2) is 34.5 Å². The number of nitrogens with one attached hydrogen (secondary N) is 1. The standard InChI is InChI=1S/C25H33N3.C3H8O3S/c1-2-3-4-5-6-7-8-12-20-26-25-19-21-27-28(25)24-17-15-23(16-18-24)22-13-10-9-11-14-22;1-3(2)7(4,5)6/h9-11,13-19,21,26H,2-8,12,20H2,1H3;3H,1-2H3,(H,4,5,6). The van der Waals surface area contributed by atoms with E-state index in [1.54, 1.807) is 0 Å². The van der Waals surface area contributed by atoms with Crippen LogP contribution in [0.15, 0.2) is 66.9 Å². The molecule has 3 aromatic rings. The average Bonchev–Trinajstić information content (AvgIpc) is 3.32. The van der Waals surface area contributed by atoms with E-state index in [9.17, 15) is 8.42 Å². The molecule has 0 saturated heterocycles. The van der Waals surface area contributed by atoms with Crippen LogP contribution in [0.5, 0.6) is 0 Å². The van der Waals surface area contributed by atoms with Crippen molar-refractivity contribution in [2.24, 2.45) is 0 Å². The molecule has 3 rings (SSSR count). The van der Waals surface area contributed by atoms with Gasteiger partial charge in [-0.3, -0.25) is 4.55 Å². The predicted octanol–water partition coefficient (Wildman–Crippen LogP) is 7.37. The quantitative estimate of drug-likeness (QED) is 0.189. The van der Waals surface area contributed by atoms with Gasteiger partial charge < -0.3 is 5.32 Å². The Morgan fingerprint density at radius 1 is 0.829 bits per heavy atom. The lowest BCUT2D eigenvalue weighted by atomic mass is 10.1. The fourth-order valence-corrected chi connectivity index (χ4v) is 3.54. The Morgan fingerprint density at radius 2 is 1.37 bits per heavy atom. The van der Waals surface area contributed by atoms with E-state index >= 15 is 0 Å². The molecule has 35 heavy (non-hydrogen) atoms. The molecule has 0 unspecified atom stereocenters. The Balaban J connectivity index is 0.000000540. The lowest BCUT2D eigenvalue weighted by Crippen LogP contribution is -2.10. The summed E-state index contributed by atoms with van der Waals surface area (Å²) in [6, 6.07) is 21.1. The van der Waals surface area contributed by atoms with Crippen LogP contribution in [0.4, 0.5) is 5.82 Å². The number of aromatic nitrogens is 2. The number of benzene rings is 2. The van der Waals surface area contributed by atoms with Crippen molar-refractivity contribution in [3.8, 4) is 16.8 Å². The summed E-state index contributed by atoms with van der Waals surface area (Å²) in [4.78, 5) is 0. The highest BCUT2D eigenvalue weighted by molar-refractivity contribution is 7.86. The van der Waals surface area contributed by atoms with Gasteiger partial charge in [0.25, 0.3) is 10.1 Å². The zero-order valence-corrected chi connectivity index (χ0v) is 22.2. The molecule has 2 aromatic carbocycles. The number of hydrogen-bond donors (Lipinski definition) is 2. The molecule has 0 amide bonds. The van der Waals surface area contributed by atoms with E-state index in [4.69, 9.17) is 4.55 Å². The van der Waals surface area contributed by atoms with Gasteiger partial charge in [0.05, 0.1) is 17.1 Å². The highest BCUT2D eigenvalue weighted by Gasteiger charge is 2.08. The van der Waals surface area contributed by atoms with Crippen molar-refractivity contribution in [1.82, 2.24) is 9.78 Å². The van der Waals surface area contributed by atoms with Crippen molar-refractivity contribution >= 4 is 15.9 Å². The summed E-state index contributed by atoms with van der Waals surface area (Å²) >= 11 is 0. The van der Waals surface area contributed by atoms with Gasteiger partial charge in [-0.25, -0.2) is 4.68 Å². The van der Waals surface area contributed by atoms with Crippen LogP contribution in [0.2, 0.25) is 0 Å². The molecule has 7 heteroatoms. The third-order valence-electron chi connectivity index (χ3n) is 5.79. The van der Waals surface area contributed by atoms with E-state index in [1.807, 2.05) is 16.9 Å². The van der Waals surface area contributed by atoms with Gasteiger partial charge in [-0.1, -0.05) is 94.3 Å². The number of nitrogens with zero attached hydrogens (tertiary/aromatic N) is 2. The van der Waals surface area contributed by atoms with E-state index in [1.165, 1.54) is 76.3 Å². The highest BCUT2D eigenvalue weighted by atomic mass is 32.2. The normalized spacial score (nSPS) is 11.2. The van der Waals surface area contributed by atoms with Gasteiger partial charge >= 0.3 is 0 Å². The minimum atomic E-state index is -3.74. The molecule has 0 radical (unpaired) electrons. The number of anilines is 1. The second-order valence-corrected chi connectivity index (χ2v) is 11.0. The van der Waals surface area contributed by atoms with Crippen LogP contribution < -0.4 is 5.32 Å². The van der Waals surface area contributed by atoms with Gasteiger partial charge in [0.1, 0.15) is 5.82 Å². The second-order valence-electron chi connectivity index (χ2n) is 9.01. The van der Waals surface area contributed by atoms with E-state index in [0.29, 0.717) is 0 Å². The first-order valence-electron chi connectivity index (χ1n) is 12.7. The molecule has 192 valence electrons. The first kappa shape index (κ1) is 28.6. The maximum Gasteiger partial charge on any atom is 0.267 e. The van der Waals surface area contributed by atoms with Gasteiger partial charge in [0.15, 0.2) is 0 Å². The molecule has 0 bridgehead atoms. The highest BCUT2D eigenvalue weighted by Crippen LogP contribution is 2.22. The number of unbranched alkanes of at least 4 members (excludes halogenated alkanes) is 7. The van der Waals surface area contributed by atoms with Crippen LogP contribution >= 0.6 is 0 Å². The summed E-state index contributed by atoms with van der Waals surface area (Å²) in [5.74, 6) is 1.07. The van der Waals surface area contributed by atoms with Crippen LogP contribution in [0, 0.1) is 0 Å². The monoisotopic (exact) mass is 499 g/mol. The maximum atomic E-state index is 9.89. The Morgan fingerprint density at radius 3 is 1.94 bits per heavy atom. The molecule has 0 aliphatic heterocycles. The van der Waals surface area contributed by atoms with Gasteiger partial charge in [0.2, 0.25) is 0 Å². The molecule has 0 aliphatic carbocycles. The van der Waals surface area contributed by atoms with E-state index in [-0.39, 0.29) is 0 Å². The molecule has 2 N–H and O–H groups in total. The van der Waals surface area contributed by atoms with Crippen LogP contribution in [-0.2, 0) is 10.1 Å². The van der Waals surface area contributed by atoms with E-state index < -0.39 is 15.4 Å². The first-order valence-corrected chi connectivity index (χ1v) is 14.2. The van der Waals surface area contributed by atoms with Crippen molar-refractivity contribution in [2.75, 3.05) is 11.9 Å². The topological polar surface area (TPSA) is 84.2 Å². The molecule has 0 spiro atoms. The van der Waals surface area contributed by atoms with Gasteiger partial charge in [-0.05, 0) is 43.5 Å². The Kier molecular flexibility index (Phi) is 12.6. The molecule has 6 nitrogen and oxygen atoms in total. The van der Waals surface area contributed by atoms with Gasteiger partial charge in [-0.2, -0.15) is 13.5 Å². The molecule has 1 aromatic heterocycles. The molecular weight excluding hydrogens is 458 g/mol. The molecule has 0 aliphatic rings. The third kappa shape index (κ3) is 10.7. The maximum absolute atomic E-state index is 9.89. The molecule has 0 atom stereocenters. The molecular formula is C28H41N3O3S. The van der Waals surface area contributed by atoms with Crippen molar-refractivity contribution in [1.29, 1.82) is 0 Å². The molecule has 0 saturated carbocycles. The van der Waals surface area contributed by atoms with E-state index in [2.05, 4.69) is 71.9 Å². The predicted molar refractivity (Wildman–Crippen MR) is 147 cm³/mol. The lowest BCUT2D eigenvalue weighted by Gasteiger charge is -2.11. The summed E-state index contributed by atoms with van der Waals surface area (Å²) in [6.45, 7) is 6.10. The minimum Gasteiger partial charge on any atom is -0.370 e.